The Hall–Kier alpha value is -3.68. The van der Waals surface area contributed by atoms with Gasteiger partial charge in [0.15, 0.2) is 17.1 Å². The fraction of sp³-hybridized carbons (Fsp3) is 0.200. The average Bonchev–Trinajstić information content (AvgIpc) is 3.02. The molecule has 0 radical (unpaired) electrons. The fourth-order valence-corrected chi connectivity index (χ4v) is 3.15. The van der Waals surface area contributed by atoms with Gasteiger partial charge in [-0.05, 0) is 36.2 Å². The van der Waals surface area contributed by atoms with E-state index < -0.39 is 0 Å². The van der Waals surface area contributed by atoms with Crippen molar-refractivity contribution in [2.75, 3.05) is 12.5 Å². The van der Waals surface area contributed by atoms with Crippen LogP contribution in [0.2, 0.25) is 0 Å². The highest BCUT2D eigenvalue weighted by Gasteiger charge is 2.13. The molecule has 2 aromatic heterocycles. The molecule has 0 aliphatic heterocycles. The van der Waals surface area contributed by atoms with Crippen LogP contribution >= 0.6 is 0 Å². The number of benzene rings is 2. The van der Waals surface area contributed by atoms with Crippen LogP contribution in [0.4, 0.5) is 5.95 Å². The van der Waals surface area contributed by atoms with Gasteiger partial charge in [-0.15, -0.1) is 10.2 Å². The Balaban J connectivity index is 1.63. The van der Waals surface area contributed by atoms with Gasteiger partial charge in [0.05, 0.1) is 18.8 Å². The first kappa shape index (κ1) is 17.7. The zero-order chi connectivity index (χ0) is 19.5. The number of ether oxygens (including phenoxy) is 1. The molecule has 0 bridgehead atoms. The van der Waals surface area contributed by atoms with Crippen molar-refractivity contribution in [3.8, 4) is 11.5 Å². The number of nitrogens with one attached hydrogen (secondary N) is 1. The molecule has 28 heavy (non-hydrogen) atoms. The van der Waals surface area contributed by atoms with E-state index in [9.17, 15) is 5.11 Å². The highest BCUT2D eigenvalue weighted by molar-refractivity contribution is 6.04. The molecule has 2 heterocycles. The van der Waals surface area contributed by atoms with Crippen LogP contribution in [-0.2, 0) is 6.54 Å². The number of aryl methyl sites for hydroxylation is 1. The first-order valence-corrected chi connectivity index (χ1v) is 8.99. The summed E-state index contributed by atoms with van der Waals surface area (Å²) in [7, 11) is 1.50. The number of phenolic OH excluding ortho intramolecular Hbond substituents is 1. The number of aromatic nitrogens is 4. The first-order chi connectivity index (χ1) is 13.7. The molecule has 142 valence electrons. The first-order valence-electron chi connectivity index (χ1n) is 8.99. The van der Waals surface area contributed by atoms with Gasteiger partial charge in [0.1, 0.15) is 5.52 Å². The number of aromatic hydroxyl groups is 1. The van der Waals surface area contributed by atoms with Crippen LogP contribution in [0.5, 0.6) is 11.5 Å². The number of para-hydroxylation sites is 1. The van der Waals surface area contributed by atoms with Crippen molar-refractivity contribution in [2.24, 2.45) is 5.10 Å². The summed E-state index contributed by atoms with van der Waals surface area (Å²) in [4.78, 5) is 4.60. The minimum atomic E-state index is 0.0508. The third-order valence-electron chi connectivity index (χ3n) is 4.40. The molecule has 0 unspecified atom stereocenters. The molecule has 0 saturated carbocycles. The van der Waals surface area contributed by atoms with Gasteiger partial charge in [0.2, 0.25) is 0 Å². The van der Waals surface area contributed by atoms with Gasteiger partial charge in [0, 0.05) is 11.9 Å². The topological polar surface area (TPSA) is 97.5 Å². The van der Waals surface area contributed by atoms with E-state index in [1.807, 2.05) is 18.2 Å². The molecular formula is C20H20N6O2. The average molecular weight is 376 g/mol. The van der Waals surface area contributed by atoms with Gasteiger partial charge in [-0.1, -0.05) is 25.1 Å². The predicted octanol–water partition coefficient (Wildman–Crippen LogP) is 3.55. The van der Waals surface area contributed by atoms with Crippen molar-refractivity contribution in [3.05, 3.63) is 48.0 Å². The lowest BCUT2D eigenvalue weighted by Crippen LogP contribution is -2.03. The molecule has 0 spiro atoms. The van der Waals surface area contributed by atoms with E-state index in [0.717, 1.165) is 35.0 Å². The Morgan fingerprint density at radius 1 is 1.21 bits per heavy atom. The maximum Gasteiger partial charge on any atom is 0.265 e. The predicted molar refractivity (Wildman–Crippen MR) is 109 cm³/mol. The number of nitrogens with zero attached hydrogens (tertiary/aromatic N) is 5. The molecule has 0 saturated heterocycles. The van der Waals surface area contributed by atoms with E-state index in [1.54, 1.807) is 24.4 Å². The Kier molecular flexibility index (Phi) is 4.76. The highest BCUT2D eigenvalue weighted by atomic mass is 16.5. The third kappa shape index (κ3) is 3.20. The highest BCUT2D eigenvalue weighted by Crippen LogP contribution is 2.27. The maximum atomic E-state index is 9.83. The zero-order valence-corrected chi connectivity index (χ0v) is 15.6. The summed E-state index contributed by atoms with van der Waals surface area (Å²) in [5.41, 5.74) is 6.16. The van der Waals surface area contributed by atoms with E-state index in [4.69, 9.17) is 4.74 Å². The fourth-order valence-electron chi connectivity index (χ4n) is 3.15. The summed E-state index contributed by atoms with van der Waals surface area (Å²) in [5, 5.41) is 23.5. The van der Waals surface area contributed by atoms with Gasteiger partial charge < -0.3 is 14.4 Å². The van der Waals surface area contributed by atoms with E-state index in [0.29, 0.717) is 17.3 Å². The lowest BCUT2D eigenvalue weighted by molar-refractivity contribution is 0.373. The third-order valence-corrected chi connectivity index (χ3v) is 4.40. The number of hydrazone groups is 1. The lowest BCUT2D eigenvalue weighted by atomic mass is 10.2. The smallest absolute Gasteiger partial charge is 0.265 e. The molecule has 0 atom stereocenters. The van der Waals surface area contributed by atoms with Crippen molar-refractivity contribution in [1.82, 2.24) is 19.7 Å². The Labute approximate surface area is 161 Å². The van der Waals surface area contributed by atoms with Gasteiger partial charge in [0.25, 0.3) is 5.95 Å². The molecule has 0 aliphatic carbocycles. The number of rotatable bonds is 6. The Bertz CT molecular complexity index is 1170. The zero-order valence-electron chi connectivity index (χ0n) is 15.6. The van der Waals surface area contributed by atoms with Crippen LogP contribution < -0.4 is 10.2 Å². The van der Waals surface area contributed by atoms with Crippen LogP contribution in [0.1, 0.15) is 18.9 Å². The summed E-state index contributed by atoms with van der Waals surface area (Å²) in [6.07, 6.45) is 2.55. The molecule has 4 aromatic rings. The van der Waals surface area contributed by atoms with Gasteiger partial charge in [-0.2, -0.15) is 10.1 Å². The number of hydrogen-bond donors (Lipinski definition) is 2. The van der Waals surface area contributed by atoms with Crippen molar-refractivity contribution in [1.29, 1.82) is 0 Å². The Morgan fingerprint density at radius 3 is 2.86 bits per heavy atom. The molecule has 0 fully saturated rings. The Morgan fingerprint density at radius 2 is 2.07 bits per heavy atom. The standard InChI is InChI=1S/C20H20N6O2/c1-3-10-26-15-7-5-4-6-14(15)18-19(26)22-20(25-23-18)24-21-12-13-8-9-17(28-2)16(27)11-13/h4-9,11-12,27H,3,10H2,1-2H3,(H,22,24,25)/b21-12+. The molecule has 0 amide bonds. The van der Waals surface area contributed by atoms with Crippen LogP contribution in [-0.4, -0.2) is 38.2 Å². The van der Waals surface area contributed by atoms with Crippen molar-refractivity contribution < 1.29 is 9.84 Å². The van der Waals surface area contributed by atoms with Gasteiger partial charge in [-0.25, -0.2) is 5.43 Å². The summed E-state index contributed by atoms with van der Waals surface area (Å²) in [6, 6.07) is 13.1. The second-order valence-electron chi connectivity index (χ2n) is 6.28. The minimum Gasteiger partial charge on any atom is -0.504 e. The molecule has 2 aromatic carbocycles. The minimum absolute atomic E-state index is 0.0508. The molecule has 0 aliphatic rings. The van der Waals surface area contributed by atoms with Crippen molar-refractivity contribution in [2.45, 2.75) is 19.9 Å². The van der Waals surface area contributed by atoms with Crippen LogP contribution in [0.3, 0.4) is 0 Å². The van der Waals surface area contributed by atoms with Gasteiger partial charge >= 0.3 is 0 Å². The lowest BCUT2D eigenvalue weighted by Gasteiger charge is -2.04. The van der Waals surface area contributed by atoms with Crippen LogP contribution in [0.15, 0.2) is 47.6 Å². The normalized spacial score (nSPS) is 11.5. The maximum absolute atomic E-state index is 9.83. The van der Waals surface area contributed by atoms with Crippen LogP contribution in [0.25, 0.3) is 22.1 Å². The molecule has 2 N–H and O–H groups in total. The summed E-state index contributed by atoms with van der Waals surface area (Å²) in [5.74, 6) is 0.767. The molecule has 8 nitrogen and oxygen atoms in total. The molecule has 8 heteroatoms. The number of methoxy groups -OCH3 is 1. The van der Waals surface area contributed by atoms with Gasteiger partial charge in [-0.3, -0.25) is 0 Å². The second kappa shape index (κ2) is 7.51. The number of hydrogen-bond acceptors (Lipinski definition) is 7. The van der Waals surface area contributed by atoms with E-state index in [1.165, 1.54) is 7.11 Å². The van der Waals surface area contributed by atoms with Crippen molar-refractivity contribution >= 4 is 34.2 Å². The monoisotopic (exact) mass is 376 g/mol. The number of phenols is 1. The molecular weight excluding hydrogens is 356 g/mol. The SMILES string of the molecule is CCCn1c2ccccc2c2nnc(N/N=C/c3ccc(OC)c(O)c3)nc21. The van der Waals surface area contributed by atoms with E-state index >= 15 is 0 Å². The van der Waals surface area contributed by atoms with Crippen molar-refractivity contribution in [3.63, 3.8) is 0 Å². The summed E-state index contributed by atoms with van der Waals surface area (Å²) in [6.45, 7) is 2.97. The summed E-state index contributed by atoms with van der Waals surface area (Å²) >= 11 is 0. The second-order valence-corrected chi connectivity index (χ2v) is 6.28. The largest absolute Gasteiger partial charge is 0.504 e. The molecule has 4 rings (SSSR count). The summed E-state index contributed by atoms with van der Waals surface area (Å²) < 4.78 is 7.18. The quantitative estimate of drug-likeness (QED) is 0.394. The number of anilines is 1. The number of fused-ring (bicyclic) bond motifs is 3. The van der Waals surface area contributed by atoms with E-state index in [-0.39, 0.29) is 5.75 Å². The van der Waals surface area contributed by atoms with E-state index in [2.05, 4.69) is 43.3 Å². The van der Waals surface area contributed by atoms with Crippen LogP contribution in [0, 0.1) is 0 Å².